The molecular weight excluding hydrogens is 402 g/mol. The number of aryl methyl sites for hydroxylation is 1. The van der Waals surface area contributed by atoms with E-state index in [9.17, 15) is 9.59 Å². The predicted octanol–water partition coefficient (Wildman–Crippen LogP) is 1.23. The average molecular weight is 431 g/mol. The Morgan fingerprint density at radius 3 is 2.70 bits per heavy atom. The van der Waals surface area contributed by atoms with Crippen LogP contribution in [0.4, 0.5) is 4.79 Å². The van der Waals surface area contributed by atoms with E-state index in [1.165, 1.54) is 22.4 Å². The van der Waals surface area contributed by atoms with Gasteiger partial charge in [0.05, 0.1) is 13.2 Å². The van der Waals surface area contributed by atoms with E-state index >= 15 is 0 Å². The number of imide groups is 1. The summed E-state index contributed by atoms with van der Waals surface area (Å²) in [6.45, 7) is 7.01. The highest BCUT2D eigenvalue weighted by Gasteiger charge is 2.53. The third kappa shape index (κ3) is 4.14. The number of rotatable bonds is 5. The second kappa shape index (κ2) is 8.87. The van der Waals surface area contributed by atoms with Gasteiger partial charge in [-0.15, -0.1) is 0 Å². The van der Waals surface area contributed by atoms with Gasteiger partial charge in [0.25, 0.3) is 17.8 Å². The molecule has 0 aromatic heterocycles. The minimum absolute atomic E-state index is 0.228. The Kier molecular flexibility index (Phi) is 6.21. The smallest absolute Gasteiger partial charge is 0.358 e. The SMILES string of the molecule is Cc1cccc(C[N+]2=C(SCCN3CCOCC3)N=C3C2C(=O)N(C)C(=O)N3C)c1. The van der Waals surface area contributed by atoms with Gasteiger partial charge in [0.2, 0.25) is 0 Å². The van der Waals surface area contributed by atoms with Crippen LogP contribution in [0, 0.1) is 6.92 Å². The summed E-state index contributed by atoms with van der Waals surface area (Å²) in [5.41, 5.74) is 2.29. The van der Waals surface area contributed by atoms with Crippen molar-refractivity contribution in [1.82, 2.24) is 14.7 Å². The standard InChI is InChI=1S/C21H28N5O3S/c1-15-5-4-6-16(13-15)14-26-17-18(23(2)21(28)24(3)19(17)27)22-20(26)30-12-9-25-7-10-29-11-8-25/h4-6,13,17H,7-12,14H2,1-3H3/q+1. The lowest BCUT2D eigenvalue weighted by atomic mass is 10.1. The number of nitrogens with zero attached hydrogens (tertiary/aromatic N) is 5. The molecule has 0 saturated carbocycles. The molecule has 3 heterocycles. The minimum Gasteiger partial charge on any atom is -0.379 e. The summed E-state index contributed by atoms with van der Waals surface area (Å²) in [4.78, 5) is 35.2. The molecule has 4 rings (SSSR count). The predicted molar refractivity (Wildman–Crippen MR) is 117 cm³/mol. The number of amides is 3. The van der Waals surface area contributed by atoms with Crippen LogP contribution in [0.2, 0.25) is 0 Å². The van der Waals surface area contributed by atoms with Crippen molar-refractivity contribution in [2.45, 2.75) is 19.5 Å². The van der Waals surface area contributed by atoms with Crippen LogP contribution < -0.4 is 0 Å². The van der Waals surface area contributed by atoms with E-state index in [4.69, 9.17) is 9.73 Å². The third-order valence-corrected chi connectivity index (χ3v) is 6.64. The van der Waals surface area contributed by atoms with Gasteiger partial charge < -0.3 is 4.74 Å². The topological polar surface area (TPSA) is 68.5 Å². The molecule has 2 fully saturated rings. The number of hydrogen-bond donors (Lipinski definition) is 0. The quantitative estimate of drug-likeness (QED) is 0.658. The monoisotopic (exact) mass is 430 g/mol. The van der Waals surface area contributed by atoms with Crippen molar-refractivity contribution in [1.29, 1.82) is 0 Å². The first kappa shape index (κ1) is 21.0. The van der Waals surface area contributed by atoms with E-state index in [2.05, 4.69) is 30.0 Å². The molecule has 9 heteroatoms. The molecule has 0 radical (unpaired) electrons. The molecule has 0 N–H and O–H groups in total. The van der Waals surface area contributed by atoms with E-state index < -0.39 is 6.04 Å². The van der Waals surface area contributed by atoms with Crippen molar-refractivity contribution in [2.24, 2.45) is 4.99 Å². The van der Waals surface area contributed by atoms with Crippen LogP contribution in [-0.2, 0) is 16.1 Å². The van der Waals surface area contributed by atoms with E-state index in [0.717, 1.165) is 49.3 Å². The van der Waals surface area contributed by atoms with Crippen LogP contribution >= 0.6 is 11.8 Å². The van der Waals surface area contributed by atoms with Crippen LogP contribution in [0.3, 0.4) is 0 Å². The van der Waals surface area contributed by atoms with Gasteiger partial charge >= 0.3 is 11.2 Å². The van der Waals surface area contributed by atoms with Crippen LogP contribution in [0.5, 0.6) is 0 Å². The van der Waals surface area contributed by atoms with E-state index in [0.29, 0.717) is 12.4 Å². The molecule has 0 spiro atoms. The molecule has 3 amide bonds. The van der Waals surface area contributed by atoms with Gasteiger partial charge in [-0.3, -0.25) is 19.5 Å². The normalized spacial score (nSPS) is 22.6. The Bertz CT molecular complexity index is 910. The summed E-state index contributed by atoms with van der Waals surface area (Å²) < 4.78 is 7.45. The lowest BCUT2D eigenvalue weighted by Crippen LogP contribution is -2.61. The number of hydrogen-bond acceptors (Lipinski definition) is 6. The molecule has 1 aromatic carbocycles. The van der Waals surface area contributed by atoms with Crippen LogP contribution in [0.25, 0.3) is 0 Å². The Morgan fingerprint density at radius 1 is 1.20 bits per heavy atom. The zero-order valence-electron chi connectivity index (χ0n) is 17.7. The fourth-order valence-corrected chi connectivity index (χ4v) is 4.97. The number of carbonyl (C=O) groups is 2. The molecule has 8 nitrogen and oxygen atoms in total. The number of thioether (sulfide) groups is 1. The maximum Gasteiger partial charge on any atom is 0.358 e. The maximum atomic E-state index is 13.0. The highest BCUT2D eigenvalue weighted by atomic mass is 32.2. The number of benzene rings is 1. The van der Waals surface area contributed by atoms with Crippen LogP contribution in [-0.4, -0.2) is 101 Å². The summed E-state index contributed by atoms with van der Waals surface area (Å²) in [6.07, 6.45) is 0. The van der Waals surface area contributed by atoms with E-state index in [-0.39, 0.29) is 11.9 Å². The number of carbonyl (C=O) groups excluding carboxylic acids is 2. The van der Waals surface area contributed by atoms with Gasteiger partial charge in [-0.1, -0.05) is 29.8 Å². The van der Waals surface area contributed by atoms with Gasteiger partial charge in [0.15, 0.2) is 0 Å². The molecule has 1 atom stereocenters. The number of urea groups is 1. The van der Waals surface area contributed by atoms with Crippen molar-refractivity contribution in [2.75, 3.05) is 52.7 Å². The fourth-order valence-electron chi connectivity index (χ4n) is 3.95. The Balaban J connectivity index is 1.58. The summed E-state index contributed by atoms with van der Waals surface area (Å²) >= 11 is 1.65. The fraction of sp³-hybridized carbons (Fsp3) is 0.524. The maximum absolute atomic E-state index is 13.0. The average Bonchev–Trinajstić information content (AvgIpc) is 3.10. The molecule has 1 unspecified atom stereocenters. The van der Waals surface area contributed by atoms with Crippen molar-refractivity contribution in [3.63, 3.8) is 0 Å². The van der Waals surface area contributed by atoms with Crippen molar-refractivity contribution >= 4 is 34.7 Å². The van der Waals surface area contributed by atoms with Gasteiger partial charge in [-0.25, -0.2) is 9.37 Å². The number of likely N-dealkylation sites (N-methyl/N-ethyl adjacent to an activating group) is 2. The molecule has 0 bridgehead atoms. The Labute approximate surface area is 181 Å². The first-order valence-corrected chi connectivity index (χ1v) is 11.2. The summed E-state index contributed by atoms with van der Waals surface area (Å²) in [5, 5.41) is 0.799. The number of fused-ring (bicyclic) bond motifs is 1. The van der Waals surface area contributed by atoms with E-state index in [1.807, 2.05) is 10.6 Å². The first-order valence-electron chi connectivity index (χ1n) is 10.2. The Morgan fingerprint density at radius 2 is 1.97 bits per heavy atom. The summed E-state index contributed by atoms with van der Waals surface area (Å²) in [6, 6.07) is 7.36. The summed E-state index contributed by atoms with van der Waals surface area (Å²) in [5.74, 6) is 1.16. The number of morpholine rings is 1. The van der Waals surface area contributed by atoms with E-state index in [1.54, 1.807) is 18.8 Å². The van der Waals surface area contributed by atoms with Gasteiger partial charge in [-0.2, -0.15) is 0 Å². The number of amidine groups is 2. The van der Waals surface area contributed by atoms with Crippen LogP contribution in [0.1, 0.15) is 11.1 Å². The molecule has 2 saturated heterocycles. The van der Waals surface area contributed by atoms with Crippen molar-refractivity contribution in [3.8, 4) is 0 Å². The van der Waals surface area contributed by atoms with Crippen LogP contribution in [0.15, 0.2) is 29.3 Å². The first-order chi connectivity index (χ1) is 14.5. The minimum atomic E-state index is -0.566. The lowest BCUT2D eigenvalue weighted by Gasteiger charge is -2.30. The highest BCUT2D eigenvalue weighted by molar-refractivity contribution is 8.13. The van der Waals surface area contributed by atoms with Gasteiger partial charge in [0, 0.05) is 39.5 Å². The van der Waals surface area contributed by atoms with Crippen molar-refractivity contribution < 1.29 is 18.9 Å². The van der Waals surface area contributed by atoms with Gasteiger partial charge in [-0.05, 0) is 29.2 Å². The second-order valence-corrected chi connectivity index (χ2v) is 8.88. The number of ether oxygens (including phenoxy) is 1. The zero-order chi connectivity index (χ0) is 21.3. The Hall–Kier alpha value is -2.23. The molecular formula is C21H28N5O3S+. The molecule has 3 aliphatic rings. The molecule has 3 aliphatic heterocycles. The molecule has 160 valence electrons. The largest absolute Gasteiger partial charge is 0.379 e. The highest BCUT2D eigenvalue weighted by Crippen LogP contribution is 2.24. The second-order valence-electron chi connectivity index (χ2n) is 7.81. The summed E-state index contributed by atoms with van der Waals surface area (Å²) in [7, 11) is 3.22. The molecule has 30 heavy (non-hydrogen) atoms. The molecule has 0 aliphatic carbocycles. The third-order valence-electron chi connectivity index (χ3n) is 5.67. The number of aliphatic imine (C=N–C) groups is 1. The molecule has 1 aromatic rings. The zero-order valence-corrected chi connectivity index (χ0v) is 18.5. The van der Waals surface area contributed by atoms with Crippen molar-refractivity contribution in [3.05, 3.63) is 35.4 Å². The lowest BCUT2D eigenvalue weighted by molar-refractivity contribution is -0.548. The van der Waals surface area contributed by atoms with Gasteiger partial charge in [0.1, 0.15) is 6.54 Å².